The zero-order valence-corrected chi connectivity index (χ0v) is 13.8. The molecule has 1 aliphatic heterocycles. The number of nitrogens with two attached hydrogens (primary N) is 1. The quantitative estimate of drug-likeness (QED) is 0.630. The minimum Gasteiger partial charge on any atom is -0.394 e. The summed E-state index contributed by atoms with van der Waals surface area (Å²) in [5, 5.41) is 27.7. The molecule has 1 aromatic rings. The first-order chi connectivity index (χ1) is 11.5. The number of halogens is 3. The number of rotatable bonds is 3. The molecule has 144 valence electrons. The Balaban J connectivity index is 0.000000251. The van der Waals surface area contributed by atoms with Crippen LogP contribution in [0.4, 0.5) is 19.0 Å². The van der Waals surface area contributed by atoms with Gasteiger partial charge in [-0.3, -0.25) is 0 Å². The zero-order chi connectivity index (χ0) is 19.2. The molecule has 0 saturated carbocycles. The summed E-state index contributed by atoms with van der Waals surface area (Å²) in [5.41, 5.74) is 5.12. The fourth-order valence-electron chi connectivity index (χ4n) is 2.17. The maximum Gasteiger partial charge on any atom is 0.574 e. The number of aliphatic hydroxyl groups excluding tert-OH is 3. The Morgan fingerprint density at radius 2 is 2.00 bits per heavy atom. The fourth-order valence-corrected chi connectivity index (χ4v) is 2.17. The van der Waals surface area contributed by atoms with Crippen LogP contribution in [-0.2, 0) is 4.74 Å². The number of anilines is 1. The van der Waals surface area contributed by atoms with Crippen LogP contribution < -0.4 is 10.5 Å². The first-order valence-electron chi connectivity index (χ1n) is 7.64. The molecular weight excluding hydrogens is 345 g/mol. The van der Waals surface area contributed by atoms with Gasteiger partial charge in [-0.15, -0.1) is 13.2 Å². The highest BCUT2D eigenvalue weighted by atomic mass is 19.4. The average molecular weight is 368 g/mol. The number of aromatic nitrogens is 1. The first-order valence-corrected chi connectivity index (χ1v) is 7.64. The molecule has 4 unspecified atom stereocenters. The molecule has 0 amide bonds. The lowest BCUT2D eigenvalue weighted by Crippen LogP contribution is -2.51. The maximum atomic E-state index is 11.6. The van der Waals surface area contributed by atoms with Gasteiger partial charge in [0, 0.05) is 12.5 Å². The van der Waals surface area contributed by atoms with E-state index in [1.54, 1.807) is 0 Å². The van der Waals surface area contributed by atoms with Gasteiger partial charge >= 0.3 is 6.36 Å². The molecule has 1 aliphatic rings. The van der Waals surface area contributed by atoms with Gasteiger partial charge in [-0.05, 0) is 12.0 Å². The molecule has 1 fully saturated rings. The van der Waals surface area contributed by atoms with Gasteiger partial charge in [0.2, 0.25) is 5.88 Å². The molecule has 5 N–H and O–H groups in total. The molecule has 0 aromatic carbocycles. The summed E-state index contributed by atoms with van der Waals surface area (Å²) < 4.78 is 43.6. The molecule has 10 heteroatoms. The third-order valence-corrected chi connectivity index (χ3v) is 3.49. The highest BCUT2D eigenvalue weighted by Gasteiger charge is 2.37. The number of hydrogen-bond donors (Lipinski definition) is 4. The predicted octanol–water partition coefficient (Wildman–Crippen LogP) is 1.08. The average Bonchev–Trinajstić information content (AvgIpc) is 2.48. The van der Waals surface area contributed by atoms with Gasteiger partial charge in [0.15, 0.2) is 0 Å². The smallest absolute Gasteiger partial charge is 0.394 e. The van der Waals surface area contributed by atoms with Gasteiger partial charge in [0.1, 0.15) is 18.0 Å². The lowest BCUT2D eigenvalue weighted by Gasteiger charge is -2.38. The highest BCUT2D eigenvalue weighted by molar-refractivity contribution is 5.31. The summed E-state index contributed by atoms with van der Waals surface area (Å²) in [6.07, 6.45) is -6.74. The summed E-state index contributed by atoms with van der Waals surface area (Å²) in [7, 11) is 0. The largest absolute Gasteiger partial charge is 0.574 e. The Kier molecular flexibility index (Phi) is 7.87. The minimum atomic E-state index is -4.72. The Morgan fingerprint density at radius 3 is 2.48 bits per heavy atom. The Labute approximate surface area is 143 Å². The Hall–Kier alpha value is -1.62. The molecule has 0 aliphatic carbocycles. The van der Waals surface area contributed by atoms with Crippen LogP contribution in [0.25, 0.3) is 0 Å². The molecule has 7 nitrogen and oxygen atoms in total. The van der Waals surface area contributed by atoms with E-state index in [4.69, 9.17) is 15.6 Å². The van der Waals surface area contributed by atoms with Crippen molar-refractivity contribution in [1.29, 1.82) is 0 Å². The van der Waals surface area contributed by atoms with Crippen LogP contribution in [0.5, 0.6) is 5.88 Å². The molecule has 2 heterocycles. The number of pyridine rings is 1. The summed E-state index contributed by atoms with van der Waals surface area (Å²) >= 11 is 0. The van der Waals surface area contributed by atoms with E-state index in [0.29, 0.717) is 6.42 Å². The monoisotopic (exact) mass is 368 g/mol. The lowest BCUT2D eigenvalue weighted by molar-refractivity contribution is -0.276. The SMILES string of the molecule is CC(C)C1CC(O)C(O)C(CO)O1.Nc1cccc(OC(F)(F)F)n1. The molecule has 2 rings (SSSR count). The van der Waals surface area contributed by atoms with Crippen molar-refractivity contribution in [2.45, 2.75) is 51.0 Å². The van der Waals surface area contributed by atoms with Crippen LogP contribution in [-0.4, -0.2) is 57.7 Å². The molecule has 0 spiro atoms. The van der Waals surface area contributed by atoms with Gasteiger partial charge in [0.25, 0.3) is 0 Å². The summed E-state index contributed by atoms with van der Waals surface area (Å²) in [5.74, 6) is -0.282. The number of nitrogen functional groups attached to an aromatic ring is 1. The normalized spacial score (nSPS) is 26.8. The Morgan fingerprint density at radius 1 is 1.36 bits per heavy atom. The van der Waals surface area contributed by atoms with Crippen molar-refractivity contribution in [3.8, 4) is 5.88 Å². The van der Waals surface area contributed by atoms with E-state index in [1.165, 1.54) is 12.1 Å². The minimum absolute atomic E-state index is 0.0169. The van der Waals surface area contributed by atoms with E-state index in [2.05, 4.69) is 9.72 Å². The first kappa shape index (κ1) is 21.4. The highest BCUT2D eigenvalue weighted by Crippen LogP contribution is 2.24. The van der Waals surface area contributed by atoms with Gasteiger partial charge in [-0.1, -0.05) is 19.9 Å². The van der Waals surface area contributed by atoms with Gasteiger partial charge in [0.05, 0.1) is 18.8 Å². The topological polar surface area (TPSA) is 118 Å². The van der Waals surface area contributed by atoms with E-state index < -0.39 is 30.6 Å². The van der Waals surface area contributed by atoms with E-state index in [0.717, 1.165) is 6.07 Å². The van der Waals surface area contributed by atoms with Gasteiger partial charge < -0.3 is 30.5 Å². The summed E-state index contributed by atoms with van der Waals surface area (Å²) in [4.78, 5) is 3.29. The van der Waals surface area contributed by atoms with Crippen molar-refractivity contribution in [2.75, 3.05) is 12.3 Å². The molecule has 1 aromatic heterocycles. The molecule has 1 saturated heterocycles. The molecule has 4 atom stereocenters. The van der Waals surface area contributed by atoms with E-state index in [-0.39, 0.29) is 24.4 Å². The van der Waals surface area contributed by atoms with Crippen molar-refractivity contribution in [3.05, 3.63) is 18.2 Å². The number of hydrogen-bond acceptors (Lipinski definition) is 7. The third-order valence-electron chi connectivity index (χ3n) is 3.49. The van der Waals surface area contributed by atoms with Gasteiger partial charge in [-0.2, -0.15) is 4.98 Å². The van der Waals surface area contributed by atoms with Gasteiger partial charge in [-0.25, -0.2) is 0 Å². The molecule has 25 heavy (non-hydrogen) atoms. The fraction of sp³-hybridized carbons (Fsp3) is 0.667. The second-order valence-electron chi connectivity index (χ2n) is 5.88. The second-order valence-corrected chi connectivity index (χ2v) is 5.88. The van der Waals surface area contributed by atoms with Crippen LogP contribution in [0.1, 0.15) is 20.3 Å². The van der Waals surface area contributed by atoms with Crippen LogP contribution >= 0.6 is 0 Å². The van der Waals surface area contributed by atoms with Crippen LogP contribution in [0.3, 0.4) is 0 Å². The van der Waals surface area contributed by atoms with E-state index in [9.17, 15) is 23.4 Å². The predicted molar refractivity (Wildman–Crippen MR) is 82.5 cm³/mol. The number of ether oxygens (including phenoxy) is 2. The van der Waals surface area contributed by atoms with Crippen molar-refractivity contribution in [2.24, 2.45) is 5.92 Å². The standard InChI is InChI=1S/C9H18O4.C6H5F3N2O/c1-5(2)7-3-6(11)9(12)8(4-10)13-7;7-6(8,9)12-5-3-1-2-4(10)11-5/h5-12H,3-4H2,1-2H3;1-3H,(H2,10,11). The van der Waals surface area contributed by atoms with Crippen molar-refractivity contribution < 1.29 is 38.0 Å². The Bertz CT molecular complexity index is 530. The lowest BCUT2D eigenvalue weighted by atomic mass is 9.92. The van der Waals surface area contributed by atoms with E-state index >= 15 is 0 Å². The maximum absolute atomic E-state index is 11.6. The number of nitrogens with zero attached hydrogens (tertiary/aromatic N) is 1. The van der Waals surface area contributed by atoms with Crippen molar-refractivity contribution in [1.82, 2.24) is 4.98 Å². The zero-order valence-electron chi connectivity index (χ0n) is 13.8. The summed E-state index contributed by atoms with van der Waals surface area (Å²) in [6.45, 7) is 3.73. The third kappa shape index (κ3) is 7.43. The van der Waals surface area contributed by atoms with Crippen LogP contribution in [0.15, 0.2) is 18.2 Å². The molecule has 0 bridgehead atoms. The van der Waals surface area contributed by atoms with Crippen molar-refractivity contribution in [3.63, 3.8) is 0 Å². The summed E-state index contributed by atoms with van der Waals surface area (Å²) in [6, 6.07) is 3.76. The van der Waals surface area contributed by atoms with Crippen molar-refractivity contribution >= 4 is 5.82 Å². The van der Waals surface area contributed by atoms with Crippen LogP contribution in [0.2, 0.25) is 0 Å². The molecule has 0 radical (unpaired) electrons. The van der Waals surface area contributed by atoms with E-state index in [1.807, 2.05) is 13.8 Å². The number of aliphatic hydroxyl groups is 3. The molecular formula is C15H23F3N2O5. The second kappa shape index (κ2) is 9.18. The van der Waals surface area contributed by atoms with Crippen LogP contribution in [0, 0.1) is 5.92 Å². The number of alkyl halides is 3.